The number of rotatable bonds is 4. The first kappa shape index (κ1) is 18.6. The highest BCUT2D eigenvalue weighted by molar-refractivity contribution is 7.89. The first-order valence-corrected chi connectivity index (χ1v) is 10.3. The molecule has 1 aliphatic rings. The fourth-order valence-corrected chi connectivity index (χ4v) is 5.02. The Kier molecular flexibility index (Phi) is 4.66. The van der Waals surface area contributed by atoms with E-state index in [1.54, 1.807) is 36.5 Å². The first-order valence-electron chi connectivity index (χ1n) is 8.85. The number of aliphatic hydroxyl groups excluding tert-OH is 1. The number of nitrogens with one attached hydrogen (secondary N) is 2. The maximum Gasteiger partial charge on any atom is 0.243 e. The van der Waals surface area contributed by atoms with E-state index in [0.717, 1.165) is 20.8 Å². The number of β-amino-alcohol motifs (C(OH)–C–C–N with tert-alkyl or cyclic N) is 1. The molecule has 0 spiro atoms. The zero-order valence-electron chi connectivity index (χ0n) is 15.2. The summed E-state index contributed by atoms with van der Waals surface area (Å²) in [6.07, 6.45) is 0.788. The van der Waals surface area contributed by atoms with Crippen molar-refractivity contribution in [3.8, 4) is 0 Å². The van der Waals surface area contributed by atoms with Crippen LogP contribution in [0.15, 0.2) is 53.6 Å². The monoisotopic (exact) mass is 400 g/mol. The van der Waals surface area contributed by atoms with Gasteiger partial charge >= 0.3 is 0 Å². The van der Waals surface area contributed by atoms with E-state index >= 15 is 0 Å². The zero-order chi connectivity index (χ0) is 19.9. The Labute approximate surface area is 162 Å². The number of carbonyl (C=O) groups is 1. The molecule has 2 atom stereocenters. The van der Waals surface area contributed by atoms with Crippen molar-refractivity contribution < 1.29 is 18.3 Å². The summed E-state index contributed by atoms with van der Waals surface area (Å²) in [5.41, 5.74) is 2.30. The fraction of sp³-hybridized carbons (Fsp3) is 0.263. The van der Waals surface area contributed by atoms with Crippen molar-refractivity contribution in [3.05, 3.63) is 54.2 Å². The molecule has 9 heteroatoms. The Bertz CT molecular complexity index is 1120. The Morgan fingerprint density at radius 1 is 1.25 bits per heavy atom. The molecule has 1 amide bonds. The molecule has 4 rings (SSSR count). The van der Waals surface area contributed by atoms with Gasteiger partial charge in [-0.25, -0.2) is 8.42 Å². The number of fused-ring (bicyclic) bond motifs is 1. The van der Waals surface area contributed by atoms with E-state index in [1.807, 2.05) is 6.92 Å². The molecule has 146 valence electrons. The van der Waals surface area contributed by atoms with Gasteiger partial charge in [-0.05, 0) is 37.3 Å². The molecular weight excluding hydrogens is 380 g/mol. The predicted octanol–water partition coefficient (Wildman–Crippen LogP) is 1.63. The van der Waals surface area contributed by atoms with Gasteiger partial charge in [0, 0.05) is 24.0 Å². The summed E-state index contributed by atoms with van der Waals surface area (Å²) in [6, 6.07) is 10.7. The molecule has 2 heterocycles. The summed E-state index contributed by atoms with van der Waals surface area (Å²) >= 11 is 0. The third-order valence-electron chi connectivity index (χ3n) is 4.87. The van der Waals surface area contributed by atoms with Gasteiger partial charge in [-0.15, -0.1) is 0 Å². The average Bonchev–Trinajstić information content (AvgIpc) is 3.28. The molecule has 3 aromatic rings. The predicted molar refractivity (Wildman–Crippen MR) is 104 cm³/mol. The quantitative estimate of drug-likeness (QED) is 0.616. The molecule has 8 nitrogen and oxygen atoms in total. The summed E-state index contributed by atoms with van der Waals surface area (Å²) in [5, 5.41) is 20.4. The van der Waals surface area contributed by atoms with E-state index in [2.05, 4.69) is 15.5 Å². The van der Waals surface area contributed by atoms with Gasteiger partial charge in [0.2, 0.25) is 15.9 Å². The number of sulfonamides is 1. The van der Waals surface area contributed by atoms with E-state index in [1.165, 1.54) is 12.1 Å². The number of aryl methyl sites for hydroxylation is 1. The standard InChI is InChI=1S/C19H20N4O4S/c1-12-2-5-16(6-3-12)28(26,27)23-11-15(24)9-18(23)19(25)21-14-4-7-17-13(8-14)10-20-22-17/h2-8,10,15,18,24H,9,11H2,1H3,(H,20,22)(H,21,25)/t15-,18-/m1/s1. The molecule has 1 saturated heterocycles. The number of benzene rings is 2. The number of anilines is 1. The Morgan fingerprint density at radius 2 is 2.00 bits per heavy atom. The van der Waals surface area contributed by atoms with Gasteiger partial charge in [0.1, 0.15) is 6.04 Å². The second-order valence-corrected chi connectivity index (χ2v) is 8.84. The lowest BCUT2D eigenvalue weighted by molar-refractivity contribution is -0.119. The number of carbonyl (C=O) groups excluding carboxylic acids is 1. The van der Waals surface area contributed by atoms with Crippen LogP contribution in [0.2, 0.25) is 0 Å². The number of H-pyrrole nitrogens is 1. The van der Waals surface area contributed by atoms with Crippen molar-refractivity contribution in [2.45, 2.75) is 30.4 Å². The molecule has 0 aliphatic carbocycles. The number of hydrogen-bond donors (Lipinski definition) is 3. The highest BCUT2D eigenvalue weighted by atomic mass is 32.2. The van der Waals surface area contributed by atoms with E-state index < -0.39 is 28.1 Å². The van der Waals surface area contributed by atoms with Gasteiger partial charge in [-0.2, -0.15) is 9.40 Å². The minimum absolute atomic E-state index is 0.0465. The normalized spacial score (nSPS) is 20.5. The van der Waals surface area contributed by atoms with Gasteiger partial charge < -0.3 is 10.4 Å². The summed E-state index contributed by atoms with van der Waals surface area (Å²) in [5.74, 6) is -0.477. The largest absolute Gasteiger partial charge is 0.392 e. The topological polar surface area (TPSA) is 115 Å². The van der Waals surface area contributed by atoms with Crippen molar-refractivity contribution in [1.29, 1.82) is 0 Å². The summed E-state index contributed by atoms with van der Waals surface area (Å²) < 4.78 is 27.1. The lowest BCUT2D eigenvalue weighted by atomic mass is 10.2. The Balaban J connectivity index is 1.59. The van der Waals surface area contributed by atoms with Crippen LogP contribution in [0.25, 0.3) is 10.9 Å². The maximum atomic E-state index is 13.0. The fourth-order valence-electron chi connectivity index (χ4n) is 3.38. The third-order valence-corrected chi connectivity index (χ3v) is 6.76. The second-order valence-electron chi connectivity index (χ2n) is 6.95. The van der Waals surface area contributed by atoms with E-state index in [-0.39, 0.29) is 17.9 Å². The third kappa shape index (κ3) is 3.39. The van der Waals surface area contributed by atoms with Crippen molar-refractivity contribution in [1.82, 2.24) is 14.5 Å². The van der Waals surface area contributed by atoms with E-state index in [4.69, 9.17) is 0 Å². The number of hydrogen-bond acceptors (Lipinski definition) is 5. The number of aromatic amines is 1. The van der Waals surface area contributed by atoms with Crippen LogP contribution in [0.5, 0.6) is 0 Å². The molecule has 3 N–H and O–H groups in total. The van der Waals surface area contributed by atoms with Crippen molar-refractivity contribution in [3.63, 3.8) is 0 Å². The number of aromatic nitrogens is 2. The van der Waals surface area contributed by atoms with Crippen LogP contribution in [-0.2, 0) is 14.8 Å². The molecule has 1 aromatic heterocycles. The minimum atomic E-state index is -3.90. The summed E-state index contributed by atoms with van der Waals surface area (Å²) in [4.78, 5) is 12.9. The smallest absolute Gasteiger partial charge is 0.243 e. The van der Waals surface area contributed by atoms with E-state index in [0.29, 0.717) is 5.69 Å². The van der Waals surface area contributed by atoms with Gasteiger partial charge in [-0.3, -0.25) is 9.89 Å². The highest BCUT2D eigenvalue weighted by Gasteiger charge is 2.43. The molecule has 0 saturated carbocycles. The summed E-state index contributed by atoms with van der Waals surface area (Å²) in [7, 11) is -3.90. The molecule has 1 aliphatic heterocycles. The van der Waals surface area contributed by atoms with Crippen LogP contribution < -0.4 is 5.32 Å². The van der Waals surface area contributed by atoms with Gasteiger partial charge in [0.05, 0.1) is 22.7 Å². The van der Waals surface area contributed by atoms with Gasteiger partial charge in [0.15, 0.2) is 0 Å². The molecule has 2 aromatic carbocycles. The average molecular weight is 400 g/mol. The molecule has 0 radical (unpaired) electrons. The number of amides is 1. The molecular formula is C19H20N4O4S. The van der Waals surface area contributed by atoms with Crippen LogP contribution >= 0.6 is 0 Å². The van der Waals surface area contributed by atoms with Gasteiger partial charge in [0.25, 0.3) is 0 Å². The maximum absolute atomic E-state index is 13.0. The van der Waals surface area contributed by atoms with Crippen LogP contribution in [-0.4, -0.2) is 52.6 Å². The summed E-state index contributed by atoms with van der Waals surface area (Å²) in [6.45, 7) is 1.75. The van der Waals surface area contributed by atoms with Crippen molar-refractivity contribution in [2.24, 2.45) is 0 Å². The first-order chi connectivity index (χ1) is 13.3. The highest BCUT2D eigenvalue weighted by Crippen LogP contribution is 2.28. The van der Waals surface area contributed by atoms with Crippen LogP contribution in [0.1, 0.15) is 12.0 Å². The van der Waals surface area contributed by atoms with Crippen molar-refractivity contribution in [2.75, 3.05) is 11.9 Å². The number of aliphatic hydroxyl groups is 1. The molecule has 0 bridgehead atoms. The number of nitrogens with zero attached hydrogens (tertiary/aromatic N) is 2. The minimum Gasteiger partial charge on any atom is -0.392 e. The molecule has 28 heavy (non-hydrogen) atoms. The Hall–Kier alpha value is -2.75. The Morgan fingerprint density at radius 3 is 2.75 bits per heavy atom. The molecule has 0 unspecified atom stereocenters. The van der Waals surface area contributed by atoms with E-state index in [9.17, 15) is 18.3 Å². The molecule has 1 fully saturated rings. The lowest BCUT2D eigenvalue weighted by Gasteiger charge is -2.23. The lowest BCUT2D eigenvalue weighted by Crippen LogP contribution is -2.43. The van der Waals surface area contributed by atoms with Gasteiger partial charge in [-0.1, -0.05) is 17.7 Å². The van der Waals surface area contributed by atoms with Crippen LogP contribution in [0.4, 0.5) is 5.69 Å². The second kappa shape index (κ2) is 7.01. The van der Waals surface area contributed by atoms with Crippen molar-refractivity contribution >= 4 is 32.5 Å². The SMILES string of the molecule is Cc1ccc(S(=O)(=O)N2C[C@H](O)C[C@@H]2C(=O)Nc2ccc3[nH]ncc3c2)cc1. The van der Waals surface area contributed by atoms with Crippen LogP contribution in [0.3, 0.4) is 0 Å². The van der Waals surface area contributed by atoms with Crippen LogP contribution in [0, 0.1) is 6.92 Å². The zero-order valence-corrected chi connectivity index (χ0v) is 16.0.